The molecule has 2 saturated carbocycles. The van der Waals surface area contributed by atoms with E-state index in [4.69, 9.17) is 54.4 Å². The van der Waals surface area contributed by atoms with Crippen molar-refractivity contribution < 1.29 is 66.7 Å². The summed E-state index contributed by atoms with van der Waals surface area (Å²) in [5, 5.41) is 6.92. The van der Waals surface area contributed by atoms with Crippen LogP contribution < -0.4 is 33.4 Å². The lowest BCUT2D eigenvalue weighted by molar-refractivity contribution is -0.145. The first-order chi connectivity index (χ1) is 39.9. The van der Waals surface area contributed by atoms with Gasteiger partial charge in [0.1, 0.15) is 40.5 Å². The Kier molecular flexibility index (Phi) is 24.1. The number of ether oxygens (including phenoxy) is 8. The zero-order chi connectivity index (χ0) is 58.1. The van der Waals surface area contributed by atoms with Crippen LogP contribution in [0.2, 0.25) is 0 Å². The fraction of sp³-hybridized carbons (Fsp3) is 0.406. The molecule has 1 aromatic heterocycles. The summed E-state index contributed by atoms with van der Waals surface area (Å²) in [5.74, 6) is 0.967. The van der Waals surface area contributed by atoms with Crippen molar-refractivity contribution in [2.75, 3.05) is 31.4 Å². The number of anilines is 1. The third-order valence-electron chi connectivity index (χ3n) is 14.1. The van der Waals surface area contributed by atoms with E-state index in [1.54, 1.807) is 71.7 Å². The minimum atomic E-state index is -0.519. The van der Waals surface area contributed by atoms with Crippen molar-refractivity contribution in [3.8, 4) is 46.8 Å². The zero-order valence-electron chi connectivity index (χ0n) is 46.4. The second kappa shape index (κ2) is 32.2. The fourth-order valence-electron chi connectivity index (χ4n) is 9.34. The highest BCUT2D eigenvalue weighted by Gasteiger charge is 2.34. The summed E-state index contributed by atoms with van der Waals surface area (Å²) in [6, 6.07) is 25.7. The van der Waals surface area contributed by atoms with E-state index in [1.807, 2.05) is 31.2 Å². The van der Waals surface area contributed by atoms with Crippen LogP contribution in [-0.2, 0) is 38.2 Å². The van der Waals surface area contributed by atoms with Gasteiger partial charge in [0, 0.05) is 17.7 Å². The minimum Gasteiger partial charge on any atom is -0.494 e. The number of hydrogen-bond donors (Lipinski definition) is 0. The highest BCUT2D eigenvalue weighted by molar-refractivity contribution is 7.22. The van der Waals surface area contributed by atoms with E-state index in [9.17, 15) is 28.8 Å². The Morgan fingerprint density at radius 2 is 1.00 bits per heavy atom. The Morgan fingerprint density at radius 1 is 0.585 bits per heavy atom. The van der Waals surface area contributed by atoms with Gasteiger partial charge in [-0.2, -0.15) is 5.10 Å². The van der Waals surface area contributed by atoms with Crippen molar-refractivity contribution in [2.45, 2.75) is 116 Å². The van der Waals surface area contributed by atoms with Crippen LogP contribution in [-0.4, -0.2) is 79.5 Å². The molecular weight excluding hydrogens is 1070 g/mol. The van der Waals surface area contributed by atoms with Gasteiger partial charge in [-0.1, -0.05) is 42.5 Å². The average Bonchev–Trinajstić information content (AvgIpc) is 3.97. The number of hydrogen-bond acceptors (Lipinski definition) is 18. The normalized spacial score (nSPS) is 17.1. The molecule has 7 rings (SSSR count). The first kappa shape index (κ1) is 61.3. The van der Waals surface area contributed by atoms with Gasteiger partial charge in [0.05, 0.1) is 66.5 Å². The SMILES string of the molecule is C#CC(C)N(/N=C/c1cc(OC(=O)[C@H]2CC[C@H](C(=O)Oc3ccc(OCCCCCCOC(=O)C=C)cc3)CC2)ccc1OC(=O)[C@H]1CC[C@H](C(=O)Oc2ccc(OCCCCCCOC(=O)C=C)cc2)CC1)c1nc2ccccc2s1. The molecule has 82 heavy (non-hydrogen) atoms. The molecule has 0 saturated heterocycles. The largest absolute Gasteiger partial charge is 0.494 e. The molecule has 0 N–H and O–H groups in total. The lowest BCUT2D eigenvalue weighted by atomic mass is 9.82. The number of carbonyl (C=O) groups excluding carboxylic acids is 6. The maximum atomic E-state index is 13.9. The van der Waals surface area contributed by atoms with Crippen LogP contribution in [0.4, 0.5) is 5.13 Å². The van der Waals surface area contributed by atoms with E-state index in [1.165, 1.54) is 17.6 Å². The van der Waals surface area contributed by atoms with E-state index in [-0.39, 0.29) is 23.4 Å². The summed E-state index contributed by atoms with van der Waals surface area (Å²) in [6.07, 6.45) is 20.0. The van der Waals surface area contributed by atoms with Crippen molar-refractivity contribution in [3.05, 3.63) is 122 Å². The van der Waals surface area contributed by atoms with Crippen LogP contribution >= 0.6 is 11.3 Å². The molecule has 0 aliphatic heterocycles. The van der Waals surface area contributed by atoms with Gasteiger partial charge in [-0.15, -0.1) is 6.42 Å². The number of aromatic nitrogens is 1. The summed E-state index contributed by atoms with van der Waals surface area (Å²) in [4.78, 5) is 81.1. The molecule has 0 spiro atoms. The zero-order valence-corrected chi connectivity index (χ0v) is 47.2. The lowest BCUT2D eigenvalue weighted by Crippen LogP contribution is -2.30. The van der Waals surface area contributed by atoms with Gasteiger partial charge in [0.2, 0.25) is 5.13 Å². The third-order valence-corrected chi connectivity index (χ3v) is 15.2. The van der Waals surface area contributed by atoms with Crippen LogP contribution in [0.1, 0.15) is 115 Å². The van der Waals surface area contributed by atoms with Crippen molar-refractivity contribution in [3.63, 3.8) is 0 Å². The molecule has 18 heteroatoms. The maximum absolute atomic E-state index is 13.9. The predicted octanol–water partition coefficient (Wildman–Crippen LogP) is 12.1. The molecule has 432 valence electrons. The number of nitrogens with zero attached hydrogens (tertiary/aromatic N) is 3. The van der Waals surface area contributed by atoms with Gasteiger partial charge >= 0.3 is 35.8 Å². The molecule has 1 atom stereocenters. The Bertz CT molecular complexity index is 2990. The van der Waals surface area contributed by atoms with Gasteiger partial charge in [0.15, 0.2) is 0 Å². The average molecular weight is 1140 g/mol. The third kappa shape index (κ3) is 19.2. The van der Waals surface area contributed by atoms with E-state index >= 15 is 0 Å². The molecule has 1 unspecified atom stereocenters. The Balaban J connectivity index is 0.900. The first-order valence-electron chi connectivity index (χ1n) is 28.1. The highest BCUT2D eigenvalue weighted by atomic mass is 32.1. The van der Waals surface area contributed by atoms with Crippen LogP contribution in [0.25, 0.3) is 10.2 Å². The van der Waals surface area contributed by atoms with Crippen LogP contribution in [0.15, 0.2) is 121 Å². The summed E-state index contributed by atoms with van der Waals surface area (Å²) in [6.45, 7) is 10.4. The molecule has 1 heterocycles. The number of thiazole rings is 1. The molecule has 2 fully saturated rings. The molecule has 0 amide bonds. The van der Waals surface area contributed by atoms with Gasteiger partial charge in [-0.3, -0.25) is 19.2 Å². The number of hydrazone groups is 1. The second-order valence-corrected chi connectivity index (χ2v) is 21.1. The number of esters is 6. The van der Waals surface area contributed by atoms with Crippen LogP contribution in [0.3, 0.4) is 0 Å². The summed E-state index contributed by atoms with van der Waals surface area (Å²) < 4.78 is 46.1. The lowest BCUT2D eigenvalue weighted by Gasteiger charge is -2.26. The first-order valence-corrected chi connectivity index (χ1v) is 28.9. The van der Waals surface area contributed by atoms with Gasteiger partial charge in [-0.05, 0) is 189 Å². The van der Waals surface area contributed by atoms with Crippen molar-refractivity contribution in [2.24, 2.45) is 28.8 Å². The standard InChI is InChI=1S/C64H71N3O14S/c1-5-44(4)67(64-66-55-18-12-13-19-57(55)82-64)65-43-49-42-54(80-62(72)47-22-20-45(21-23-47)60(70)78-52-32-28-50(29-33-52)74-38-14-8-10-16-40-76-58(68)6-2)36-37-56(49)81-63(73)48-26-24-46(25-27-48)61(71)79-53-34-30-51(31-35-53)75-39-15-9-11-17-41-77-59(69)7-3/h1,6-7,12-13,18-19,28-37,42-48H,2-3,8-11,14-17,20-27,38-41H2,4H3/b65-43+/t44?,45-,46-,47-,48-. The topological polar surface area (TPSA) is 205 Å². The molecule has 5 aromatic rings. The van der Waals surface area contributed by atoms with Gasteiger partial charge < -0.3 is 37.9 Å². The van der Waals surface area contributed by atoms with Crippen LogP contribution in [0.5, 0.6) is 34.5 Å². The predicted molar refractivity (Wildman–Crippen MR) is 311 cm³/mol. The maximum Gasteiger partial charge on any atom is 0.330 e. The minimum absolute atomic E-state index is 0.180. The molecular formula is C64H71N3O14S. The second-order valence-electron chi connectivity index (χ2n) is 20.1. The van der Waals surface area contributed by atoms with Crippen LogP contribution in [0, 0.1) is 36.0 Å². The summed E-state index contributed by atoms with van der Waals surface area (Å²) >= 11 is 1.42. The van der Waals surface area contributed by atoms with E-state index < -0.39 is 53.6 Å². The van der Waals surface area contributed by atoms with E-state index in [2.05, 4.69) is 19.1 Å². The fourth-order valence-corrected chi connectivity index (χ4v) is 10.3. The van der Waals surface area contributed by atoms with Crippen molar-refractivity contribution in [1.82, 2.24) is 4.98 Å². The molecule has 4 aromatic carbocycles. The quantitative estimate of drug-likeness (QED) is 0.00797. The Hall–Kier alpha value is -8.30. The van der Waals surface area contributed by atoms with Crippen molar-refractivity contribution in [1.29, 1.82) is 0 Å². The van der Waals surface area contributed by atoms with E-state index in [0.29, 0.717) is 111 Å². The number of unbranched alkanes of at least 4 members (excludes halogenated alkanes) is 6. The number of rotatable bonds is 30. The number of fused-ring (bicyclic) bond motifs is 1. The molecule has 0 radical (unpaired) electrons. The Morgan fingerprint density at radius 3 is 1.45 bits per heavy atom. The molecule has 2 aliphatic carbocycles. The van der Waals surface area contributed by atoms with Gasteiger partial charge in [-0.25, -0.2) is 19.6 Å². The summed E-state index contributed by atoms with van der Waals surface area (Å²) in [5.41, 5.74) is 1.12. The Labute approximate surface area is 482 Å². The highest BCUT2D eigenvalue weighted by Crippen LogP contribution is 2.36. The molecule has 17 nitrogen and oxygen atoms in total. The molecule has 0 bridgehead atoms. The van der Waals surface area contributed by atoms with E-state index in [0.717, 1.165) is 73.7 Å². The molecule has 2 aliphatic rings. The van der Waals surface area contributed by atoms with Crippen molar-refractivity contribution >= 4 is 68.7 Å². The number of terminal acetylenes is 1. The number of para-hydroxylation sites is 1. The number of carbonyl (C=O) groups is 6. The number of benzene rings is 4. The summed E-state index contributed by atoms with van der Waals surface area (Å²) in [7, 11) is 0. The monoisotopic (exact) mass is 1140 g/mol. The van der Waals surface area contributed by atoms with Gasteiger partial charge in [0.25, 0.3) is 0 Å². The smallest absolute Gasteiger partial charge is 0.330 e.